The SMILES string of the molecule is COC(=O)c1sccc1NC(=O)N1CCC[C@@H]1c1cc(C(C)C)no1. The van der Waals surface area contributed by atoms with E-state index in [0.29, 0.717) is 22.9 Å². The lowest BCUT2D eigenvalue weighted by Crippen LogP contribution is -2.34. The first-order valence-electron chi connectivity index (χ1n) is 8.21. The molecular weight excluding hydrogens is 342 g/mol. The number of hydrogen-bond acceptors (Lipinski definition) is 6. The number of nitrogens with one attached hydrogen (secondary N) is 1. The fraction of sp³-hybridized carbons (Fsp3) is 0.471. The minimum atomic E-state index is -0.458. The van der Waals surface area contributed by atoms with Crippen LogP contribution >= 0.6 is 11.3 Å². The zero-order chi connectivity index (χ0) is 18.0. The first kappa shape index (κ1) is 17.5. The molecule has 1 fully saturated rings. The van der Waals surface area contributed by atoms with Crippen molar-refractivity contribution in [2.24, 2.45) is 0 Å². The summed E-state index contributed by atoms with van der Waals surface area (Å²) in [6.07, 6.45) is 1.72. The minimum absolute atomic E-state index is 0.139. The largest absolute Gasteiger partial charge is 0.465 e. The number of carbonyl (C=O) groups is 2. The molecule has 2 aromatic heterocycles. The highest BCUT2D eigenvalue weighted by atomic mass is 32.1. The molecule has 1 atom stereocenters. The molecule has 0 aliphatic carbocycles. The lowest BCUT2D eigenvalue weighted by Gasteiger charge is -2.23. The van der Waals surface area contributed by atoms with E-state index in [4.69, 9.17) is 9.26 Å². The van der Waals surface area contributed by atoms with Crippen LogP contribution in [0, 0.1) is 0 Å². The Morgan fingerprint density at radius 3 is 2.96 bits per heavy atom. The average Bonchev–Trinajstić information content (AvgIpc) is 3.32. The number of ether oxygens (including phenoxy) is 1. The van der Waals surface area contributed by atoms with Gasteiger partial charge in [-0.1, -0.05) is 19.0 Å². The molecule has 0 saturated carbocycles. The molecule has 7 nitrogen and oxygen atoms in total. The number of methoxy groups -OCH3 is 1. The number of amides is 2. The smallest absolute Gasteiger partial charge is 0.350 e. The highest BCUT2D eigenvalue weighted by Crippen LogP contribution is 2.34. The van der Waals surface area contributed by atoms with E-state index >= 15 is 0 Å². The minimum Gasteiger partial charge on any atom is -0.465 e. The Labute approximate surface area is 149 Å². The predicted molar refractivity (Wildman–Crippen MR) is 94.0 cm³/mol. The van der Waals surface area contributed by atoms with E-state index in [2.05, 4.69) is 10.5 Å². The molecule has 1 aliphatic heterocycles. The normalized spacial score (nSPS) is 17.1. The van der Waals surface area contributed by atoms with Gasteiger partial charge in [0.2, 0.25) is 0 Å². The second-order valence-electron chi connectivity index (χ2n) is 6.25. The van der Waals surface area contributed by atoms with Crippen LogP contribution < -0.4 is 5.32 Å². The quantitative estimate of drug-likeness (QED) is 0.830. The number of anilines is 1. The molecule has 8 heteroatoms. The summed E-state index contributed by atoms with van der Waals surface area (Å²) in [6, 6.07) is 3.23. The van der Waals surface area contributed by atoms with Crippen molar-refractivity contribution in [3.8, 4) is 0 Å². The van der Waals surface area contributed by atoms with Crippen LogP contribution in [-0.4, -0.2) is 35.7 Å². The third-order valence-electron chi connectivity index (χ3n) is 4.26. The maximum absolute atomic E-state index is 12.7. The molecule has 0 bridgehead atoms. The van der Waals surface area contributed by atoms with Crippen LogP contribution in [-0.2, 0) is 4.74 Å². The molecule has 134 valence electrons. The monoisotopic (exact) mass is 363 g/mol. The van der Waals surface area contributed by atoms with Crippen molar-refractivity contribution in [1.29, 1.82) is 0 Å². The lowest BCUT2D eigenvalue weighted by atomic mass is 10.1. The van der Waals surface area contributed by atoms with Crippen molar-refractivity contribution in [2.75, 3.05) is 19.0 Å². The fourth-order valence-corrected chi connectivity index (χ4v) is 3.65. The number of hydrogen-bond donors (Lipinski definition) is 1. The van der Waals surface area contributed by atoms with E-state index < -0.39 is 5.97 Å². The standard InChI is InChI=1S/C17H21N3O4S/c1-10(2)12-9-14(24-19-12)13-5-4-7-20(13)17(22)18-11-6-8-25-15(11)16(21)23-3/h6,8-10,13H,4-5,7H2,1-3H3,(H,18,22)/t13-/m1/s1. The highest BCUT2D eigenvalue weighted by molar-refractivity contribution is 7.12. The van der Waals surface area contributed by atoms with Gasteiger partial charge >= 0.3 is 12.0 Å². The molecule has 3 heterocycles. The summed E-state index contributed by atoms with van der Waals surface area (Å²) < 4.78 is 10.2. The van der Waals surface area contributed by atoms with Gasteiger partial charge in [-0.2, -0.15) is 0 Å². The number of rotatable bonds is 4. The summed E-state index contributed by atoms with van der Waals surface area (Å²) in [5.41, 5.74) is 1.35. The van der Waals surface area contributed by atoms with E-state index in [-0.39, 0.29) is 18.0 Å². The molecule has 2 aromatic rings. The Kier molecular flexibility index (Phi) is 5.08. The van der Waals surface area contributed by atoms with E-state index in [1.807, 2.05) is 19.9 Å². The van der Waals surface area contributed by atoms with Gasteiger partial charge in [0.1, 0.15) is 4.88 Å². The van der Waals surface area contributed by atoms with Gasteiger partial charge in [-0.05, 0) is 30.2 Å². The Morgan fingerprint density at radius 1 is 1.48 bits per heavy atom. The summed E-state index contributed by atoms with van der Waals surface area (Å²) in [5, 5.41) is 8.64. The van der Waals surface area contributed by atoms with Gasteiger partial charge in [-0.25, -0.2) is 9.59 Å². The number of thiophene rings is 1. The summed E-state index contributed by atoms with van der Waals surface area (Å²) >= 11 is 1.23. The van der Waals surface area contributed by atoms with Crippen LogP contribution in [0.3, 0.4) is 0 Å². The van der Waals surface area contributed by atoms with Gasteiger partial charge in [0.15, 0.2) is 5.76 Å². The lowest BCUT2D eigenvalue weighted by molar-refractivity contribution is 0.0607. The molecule has 0 spiro atoms. The molecule has 0 radical (unpaired) electrons. The number of nitrogens with zero attached hydrogens (tertiary/aromatic N) is 2. The number of aromatic nitrogens is 1. The first-order chi connectivity index (χ1) is 12.0. The van der Waals surface area contributed by atoms with Crippen LogP contribution in [0.1, 0.15) is 59.8 Å². The van der Waals surface area contributed by atoms with Gasteiger partial charge in [-0.3, -0.25) is 0 Å². The first-order valence-corrected chi connectivity index (χ1v) is 9.09. The van der Waals surface area contributed by atoms with Gasteiger partial charge in [0, 0.05) is 12.6 Å². The third kappa shape index (κ3) is 3.53. The third-order valence-corrected chi connectivity index (χ3v) is 5.15. The number of urea groups is 1. The van der Waals surface area contributed by atoms with Crippen molar-refractivity contribution in [3.05, 3.63) is 33.8 Å². The van der Waals surface area contributed by atoms with E-state index in [9.17, 15) is 9.59 Å². The van der Waals surface area contributed by atoms with E-state index in [1.54, 1.807) is 16.3 Å². The molecule has 1 saturated heterocycles. The topological polar surface area (TPSA) is 84.7 Å². The molecule has 0 unspecified atom stereocenters. The number of carbonyl (C=O) groups excluding carboxylic acids is 2. The maximum atomic E-state index is 12.7. The predicted octanol–water partition coefficient (Wildman–Crippen LogP) is 4.02. The van der Waals surface area contributed by atoms with Crippen LogP contribution in [0.2, 0.25) is 0 Å². The summed E-state index contributed by atoms with van der Waals surface area (Å²) in [5.74, 6) is 0.518. The van der Waals surface area contributed by atoms with Crippen molar-refractivity contribution >= 4 is 29.0 Å². The molecule has 3 rings (SSSR count). The maximum Gasteiger partial charge on any atom is 0.350 e. The zero-order valence-electron chi connectivity index (χ0n) is 14.4. The molecule has 1 N–H and O–H groups in total. The van der Waals surface area contributed by atoms with Crippen LogP contribution in [0.5, 0.6) is 0 Å². The fourth-order valence-electron chi connectivity index (χ4n) is 2.88. The molecule has 0 aromatic carbocycles. The Balaban J connectivity index is 1.75. The van der Waals surface area contributed by atoms with Crippen LogP contribution in [0.25, 0.3) is 0 Å². The average molecular weight is 363 g/mol. The van der Waals surface area contributed by atoms with Crippen LogP contribution in [0.15, 0.2) is 22.0 Å². The molecule has 2 amide bonds. The summed E-state index contributed by atoms with van der Waals surface area (Å²) in [4.78, 5) is 26.6. The highest BCUT2D eigenvalue weighted by Gasteiger charge is 2.33. The van der Waals surface area contributed by atoms with Gasteiger partial charge in [0.25, 0.3) is 0 Å². The summed E-state index contributed by atoms with van der Waals surface area (Å²) in [7, 11) is 1.32. The van der Waals surface area contributed by atoms with Crippen molar-refractivity contribution in [2.45, 2.75) is 38.6 Å². The molecule has 25 heavy (non-hydrogen) atoms. The van der Waals surface area contributed by atoms with E-state index in [0.717, 1.165) is 18.5 Å². The van der Waals surface area contributed by atoms with Crippen LogP contribution in [0.4, 0.5) is 10.5 Å². The second kappa shape index (κ2) is 7.26. The number of esters is 1. The van der Waals surface area contributed by atoms with Gasteiger partial charge in [0.05, 0.1) is 24.5 Å². The number of likely N-dealkylation sites (tertiary alicyclic amines) is 1. The van der Waals surface area contributed by atoms with Gasteiger partial charge in [-0.15, -0.1) is 11.3 Å². The Bertz CT molecular complexity index is 768. The molecular formula is C17H21N3O4S. The Morgan fingerprint density at radius 2 is 2.28 bits per heavy atom. The van der Waals surface area contributed by atoms with Gasteiger partial charge < -0.3 is 19.5 Å². The molecule has 1 aliphatic rings. The van der Waals surface area contributed by atoms with Crippen molar-refractivity contribution in [3.63, 3.8) is 0 Å². The van der Waals surface area contributed by atoms with Crippen molar-refractivity contribution in [1.82, 2.24) is 10.1 Å². The Hall–Kier alpha value is -2.35. The summed E-state index contributed by atoms with van der Waals surface area (Å²) in [6.45, 7) is 4.73. The second-order valence-corrected chi connectivity index (χ2v) is 7.16. The van der Waals surface area contributed by atoms with Crippen molar-refractivity contribution < 1.29 is 18.8 Å². The van der Waals surface area contributed by atoms with E-state index in [1.165, 1.54) is 18.4 Å². The zero-order valence-corrected chi connectivity index (χ0v) is 15.3.